The van der Waals surface area contributed by atoms with Crippen LogP contribution in [0, 0.1) is 0 Å². The van der Waals surface area contributed by atoms with Gasteiger partial charge in [-0.3, -0.25) is 4.79 Å². The van der Waals surface area contributed by atoms with Crippen molar-refractivity contribution in [2.24, 2.45) is 0 Å². The van der Waals surface area contributed by atoms with E-state index in [1.54, 1.807) is 6.07 Å². The lowest BCUT2D eigenvalue weighted by Crippen LogP contribution is -2.30. The number of amides is 1. The predicted molar refractivity (Wildman–Crippen MR) is 68.1 cm³/mol. The molecule has 1 amide bonds. The lowest BCUT2D eigenvalue weighted by Gasteiger charge is -2.09. The molecule has 1 aromatic carbocycles. The van der Waals surface area contributed by atoms with E-state index in [0.29, 0.717) is 18.0 Å². The second-order valence-corrected chi connectivity index (χ2v) is 4.60. The van der Waals surface area contributed by atoms with E-state index in [4.69, 9.17) is 23.2 Å². The molecule has 88 valence electrons. The van der Waals surface area contributed by atoms with Crippen molar-refractivity contribution >= 4 is 29.1 Å². The first-order valence-corrected chi connectivity index (χ1v) is 6.09. The highest BCUT2D eigenvalue weighted by Crippen LogP contribution is 2.15. The Hall–Kier alpha value is -0.730. The highest BCUT2D eigenvalue weighted by molar-refractivity contribution is 6.31. The maximum atomic E-state index is 11.6. The van der Waals surface area contributed by atoms with Crippen molar-refractivity contribution in [2.45, 2.75) is 25.1 Å². The smallest absolute Gasteiger partial charge is 0.224 e. The molecule has 2 nitrogen and oxygen atoms in total. The van der Waals surface area contributed by atoms with Gasteiger partial charge in [-0.25, -0.2) is 0 Å². The lowest BCUT2D eigenvalue weighted by atomic mass is 10.1. The van der Waals surface area contributed by atoms with Crippen LogP contribution < -0.4 is 5.32 Å². The fraction of sp³-hybridized carbons (Fsp3) is 0.417. The molecule has 1 atom stereocenters. The molecule has 0 radical (unpaired) electrons. The van der Waals surface area contributed by atoms with Gasteiger partial charge in [0.1, 0.15) is 0 Å². The van der Waals surface area contributed by atoms with Crippen molar-refractivity contribution in [3.8, 4) is 0 Å². The molecule has 1 N–H and O–H groups in total. The van der Waals surface area contributed by atoms with Gasteiger partial charge in [0, 0.05) is 11.6 Å². The molecule has 0 aromatic heterocycles. The Bertz CT molecular complexity index is 355. The minimum atomic E-state index is -0.0489. The van der Waals surface area contributed by atoms with E-state index < -0.39 is 0 Å². The van der Waals surface area contributed by atoms with E-state index in [1.165, 1.54) is 0 Å². The van der Waals surface area contributed by atoms with E-state index in [-0.39, 0.29) is 11.3 Å². The Morgan fingerprint density at radius 1 is 1.44 bits per heavy atom. The summed E-state index contributed by atoms with van der Waals surface area (Å²) in [6, 6.07) is 7.33. The van der Waals surface area contributed by atoms with Gasteiger partial charge in [-0.2, -0.15) is 0 Å². The number of nitrogens with one attached hydrogen (secondary N) is 1. The Labute approximate surface area is 106 Å². The molecule has 16 heavy (non-hydrogen) atoms. The zero-order chi connectivity index (χ0) is 12.0. The minimum absolute atomic E-state index is 0.00445. The second-order valence-electron chi connectivity index (χ2n) is 3.58. The number of hydrogen-bond acceptors (Lipinski definition) is 1. The van der Waals surface area contributed by atoms with Crippen molar-refractivity contribution in [1.29, 1.82) is 0 Å². The van der Waals surface area contributed by atoms with Crippen LogP contribution in [0.4, 0.5) is 0 Å². The number of carbonyl (C=O) groups excluding carboxylic acids is 1. The fourth-order valence-corrected chi connectivity index (χ4v) is 1.53. The summed E-state index contributed by atoms with van der Waals surface area (Å²) in [5.74, 6) is -0.0489. The third kappa shape index (κ3) is 4.42. The normalized spacial score (nSPS) is 12.2. The van der Waals surface area contributed by atoms with Crippen LogP contribution in [0.3, 0.4) is 0 Å². The van der Waals surface area contributed by atoms with Crippen molar-refractivity contribution in [3.05, 3.63) is 34.9 Å². The molecule has 0 spiro atoms. The zero-order valence-electron chi connectivity index (χ0n) is 9.17. The van der Waals surface area contributed by atoms with Crippen LogP contribution in [0.25, 0.3) is 0 Å². The number of carbonyl (C=O) groups is 1. The van der Waals surface area contributed by atoms with Gasteiger partial charge < -0.3 is 5.32 Å². The van der Waals surface area contributed by atoms with Crippen molar-refractivity contribution in [1.82, 2.24) is 5.32 Å². The molecule has 0 saturated heterocycles. The molecule has 0 heterocycles. The number of rotatable bonds is 5. The van der Waals surface area contributed by atoms with Gasteiger partial charge >= 0.3 is 0 Å². The quantitative estimate of drug-likeness (QED) is 0.810. The first kappa shape index (κ1) is 13.3. The van der Waals surface area contributed by atoms with Gasteiger partial charge in [0.25, 0.3) is 0 Å². The van der Waals surface area contributed by atoms with Gasteiger partial charge in [-0.05, 0) is 18.1 Å². The second kappa shape index (κ2) is 6.77. The molecule has 1 aromatic rings. The van der Waals surface area contributed by atoms with Gasteiger partial charge in [0.2, 0.25) is 5.91 Å². The third-order valence-electron chi connectivity index (χ3n) is 2.27. The summed E-state index contributed by atoms with van der Waals surface area (Å²) < 4.78 is 0. The van der Waals surface area contributed by atoms with Crippen molar-refractivity contribution < 1.29 is 4.79 Å². The highest BCUT2D eigenvalue weighted by atomic mass is 35.5. The van der Waals surface area contributed by atoms with Gasteiger partial charge in [-0.15, -0.1) is 11.6 Å². The predicted octanol–water partition coefficient (Wildman–Crippen LogP) is 3.02. The van der Waals surface area contributed by atoms with Crippen LogP contribution in [0.15, 0.2) is 24.3 Å². The van der Waals surface area contributed by atoms with E-state index >= 15 is 0 Å². The summed E-state index contributed by atoms with van der Waals surface area (Å²) in [7, 11) is 0. The minimum Gasteiger partial charge on any atom is -0.354 e. The van der Waals surface area contributed by atoms with E-state index in [2.05, 4.69) is 5.32 Å². The molecule has 4 heteroatoms. The summed E-state index contributed by atoms with van der Waals surface area (Å²) in [6.07, 6.45) is 1.14. The average molecular weight is 260 g/mol. The van der Waals surface area contributed by atoms with Crippen molar-refractivity contribution in [2.75, 3.05) is 6.54 Å². The monoisotopic (exact) mass is 259 g/mol. The highest BCUT2D eigenvalue weighted by Gasteiger charge is 2.08. The van der Waals surface area contributed by atoms with Crippen LogP contribution in [-0.2, 0) is 11.2 Å². The Morgan fingerprint density at radius 3 is 2.75 bits per heavy atom. The molecule has 0 aliphatic heterocycles. The molecule has 1 unspecified atom stereocenters. The summed E-state index contributed by atoms with van der Waals surface area (Å²) >= 11 is 11.9. The summed E-state index contributed by atoms with van der Waals surface area (Å²) in [4.78, 5) is 11.6. The fourth-order valence-electron chi connectivity index (χ4n) is 1.25. The molecule has 0 aliphatic carbocycles. The Kier molecular flexibility index (Phi) is 5.64. The Balaban J connectivity index is 2.43. The molecular formula is C12H15Cl2NO. The topological polar surface area (TPSA) is 29.1 Å². The summed E-state index contributed by atoms with van der Waals surface area (Å²) in [6.45, 7) is 2.49. The van der Waals surface area contributed by atoms with E-state index in [1.807, 2.05) is 25.1 Å². The molecule has 0 bridgehead atoms. The maximum Gasteiger partial charge on any atom is 0.224 e. The first-order chi connectivity index (χ1) is 7.63. The van der Waals surface area contributed by atoms with E-state index in [0.717, 1.165) is 12.0 Å². The van der Waals surface area contributed by atoms with Crippen LogP contribution in [0.2, 0.25) is 5.02 Å². The van der Waals surface area contributed by atoms with Crippen LogP contribution in [0.5, 0.6) is 0 Å². The van der Waals surface area contributed by atoms with E-state index in [9.17, 15) is 4.79 Å². The largest absolute Gasteiger partial charge is 0.354 e. The average Bonchev–Trinajstić information content (AvgIpc) is 2.29. The van der Waals surface area contributed by atoms with Gasteiger partial charge in [0.05, 0.1) is 11.8 Å². The number of hydrogen-bond donors (Lipinski definition) is 1. The van der Waals surface area contributed by atoms with Crippen LogP contribution >= 0.6 is 23.2 Å². The molecule has 0 aliphatic rings. The molecule has 0 fully saturated rings. The van der Waals surface area contributed by atoms with Crippen LogP contribution in [0.1, 0.15) is 18.9 Å². The van der Waals surface area contributed by atoms with Crippen molar-refractivity contribution in [3.63, 3.8) is 0 Å². The maximum absolute atomic E-state index is 11.6. The Morgan fingerprint density at radius 2 is 2.12 bits per heavy atom. The standard InChI is InChI=1S/C12H15Cl2NO/c1-2-10(13)8-15-12(16)7-9-5-3-4-6-11(9)14/h3-6,10H,2,7-8H2,1H3,(H,15,16). The number of alkyl halides is 1. The summed E-state index contributed by atoms with van der Waals surface area (Å²) in [5, 5.41) is 3.40. The lowest BCUT2D eigenvalue weighted by molar-refractivity contribution is -0.120. The van der Waals surface area contributed by atoms with Gasteiger partial charge in [-0.1, -0.05) is 36.7 Å². The zero-order valence-corrected chi connectivity index (χ0v) is 10.7. The number of halogens is 2. The van der Waals surface area contributed by atoms with Gasteiger partial charge in [0.15, 0.2) is 0 Å². The number of benzene rings is 1. The first-order valence-electron chi connectivity index (χ1n) is 5.27. The van der Waals surface area contributed by atoms with Crippen LogP contribution in [-0.4, -0.2) is 17.8 Å². The molecular weight excluding hydrogens is 245 g/mol. The SMILES string of the molecule is CCC(Cl)CNC(=O)Cc1ccccc1Cl. The third-order valence-corrected chi connectivity index (χ3v) is 3.10. The molecule has 1 rings (SSSR count). The summed E-state index contributed by atoms with van der Waals surface area (Å²) in [5.41, 5.74) is 0.837. The molecule has 0 saturated carbocycles.